The van der Waals surface area contributed by atoms with Gasteiger partial charge in [-0.05, 0) is 23.0 Å². The molecule has 0 heterocycles. The lowest BCUT2D eigenvalue weighted by Crippen LogP contribution is -2.27. The third kappa shape index (κ3) is 5.18. The van der Waals surface area contributed by atoms with Crippen LogP contribution in [0.25, 0.3) is 0 Å². The van der Waals surface area contributed by atoms with Crippen molar-refractivity contribution in [1.82, 2.24) is 0 Å². The number of allylic oxidation sites excluding steroid dienone is 4. The number of hydrogen-bond donors (Lipinski definition) is 1. The van der Waals surface area contributed by atoms with Crippen LogP contribution < -0.4 is 5.73 Å². The third-order valence-electron chi connectivity index (χ3n) is 2.70. The second-order valence-electron chi connectivity index (χ2n) is 5.32. The molecule has 2 N–H and O–H groups in total. The third-order valence-corrected chi connectivity index (χ3v) is 2.70. The predicted molar refractivity (Wildman–Crippen MR) is 78.9 cm³/mol. The Kier molecular flexibility index (Phi) is 6.82. The summed E-state index contributed by atoms with van der Waals surface area (Å²) in [7, 11) is 0. The van der Waals surface area contributed by atoms with E-state index in [-0.39, 0.29) is 11.5 Å². The molecule has 17 heavy (non-hydrogen) atoms. The maximum atomic E-state index is 6.25. The quantitative estimate of drug-likeness (QED) is 0.677. The molecule has 0 aliphatic rings. The first-order valence-corrected chi connectivity index (χ1v) is 6.30. The minimum atomic E-state index is 0.0639. The van der Waals surface area contributed by atoms with E-state index in [1.807, 2.05) is 18.2 Å². The zero-order valence-corrected chi connectivity index (χ0v) is 11.8. The van der Waals surface area contributed by atoms with Crippen LogP contribution in [0, 0.1) is 5.41 Å². The van der Waals surface area contributed by atoms with Crippen molar-refractivity contribution in [3.8, 4) is 0 Å². The molecule has 0 saturated heterocycles. The molecule has 0 amide bonds. The first-order valence-electron chi connectivity index (χ1n) is 6.30. The topological polar surface area (TPSA) is 26.0 Å². The van der Waals surface area contributed by atoms with Gasteiger partial charge in [-0.3, -0.25) is 0 Å². The highest BCUT2D eigenvalue weighted by molar-refractivity contribution is 5.42. The fourth-order valence-corrected chi connectivity index (χ4v) is 1.90. The molecule has 0 aromatic carbocycles. The normalized spacial score (nSPS) is 15.6. The molecule has 96 valence electrons. The fraction of sp³-hybridized carbons (Fsp3) is 0.500. The summed E-state index contributed by atoms with van der Waals surface area (Å²) >= 11 is 0. The van der Waals surface area contributed by atoms with Gasteiger partial charge < -0.3 is 5.73 Å². The van der Waals surface area contributed by atoms with E-state index in [0.717, 1.165) is 12.8 Å². The second kappa shape index (κ2) is 7.29. The van der Waals surface area contributed by atoms with Crippen LogP contribution in [-0.4, -0.2) is 6.04 Å². The largest absolute Gasteiger partial charge is 0.324 e. The summed E-state index contributed by atoms with van der Waals surface area (Å²) < 4.78 is 0. The summed E-state index contributed by atoms with van der Waals surface area (Å²) in [5, 5.41) is 0. The van der Waals surface area contributed by atoms with Crippen LogP contribution in [0.1, 0.15) is 40.5 Å². The molecule has 0 rings (SSSR count). The van der Waals surface area contributed by atoms with Gasteiger partial charge in [0.1, 0.15) is 0 Å². The Hall–Kier alpha value is -1.08. The summed E-state index contributed by atoms with van der Waals surface area (Å²) in [6.45, 7) is 16.3. The van der Waals surface area contributed by atoms with Gasteiger partial charge in [-0.25, -0.2) is 0 Å². The SMILES string of the molecule is C=C/C=C(\C(=C/C=C)C(N)CCC)C(C)(C)C. The van der Waals surface area contributed by atoms with Crippen molar-refractivity contribution in [2.45, 2.75) is 46.6 Å². The molecule has 0 fully saturated rings. The molecule has 0 aliphatic heterocycles. The monoisotopic (exact) mass is 233 g/mol. The van der Waals surface area contributed by atoms with E-state index in [1.54, 1.807) is 0 Å². The van der Waals surface area contributed by atoms with E-state index < -0.39 is 0 Å². The summed E-state index contributed by atoms with van der Waals surface area (Å²) in [4.78, 5) is 0. The average Bonchev–Trinajstić information content (AvgIpc) is 2.22. The van der Waals surface area contributed by atoms with Crippen LogP contribution in [0.2, 0.25) is 0 Å². The Bertz CT molecular complexity index is 313. The summed E-state index contributed by atoms with van der Waals surface area (Å²) in [5.41, 5.74) is 8.73. The van der Waals surface area contributed by atoms with E-state index in [2.05, 4.69) is 46.9 Å². The summed E-state index contributed by atoms with van der Waals surface area (Å²) in [6.07, 6.45) is 9.81. The molecule has 1 atom stereocenters. The molecule has 1 nitrogen and oxygen atoms in total. The van der Waals surface area contributed by atoms with Crippen molar-refractivity contribution < 1.29 is 0 Å². The maximum absolute atomic E-state index is 6.25. The molecular formula is C16H27N. The average molecular weight is 233 g/mol. The Morgan fingerprint density at radius 2 is 1.71 bits per heavy atom. The smallest absolute Gasteiger partial charge is 0.0297 e. The lowest BCUT2D eigenvalue weighted by molar-refractivity contribution is 0.497. The van der Waals surface area contributed by atoms with E-state index in [0.29, 0.717) is 0 Å². The Morgan fingerprint density at radius 3 is 2.06 bits per heavy atom. The minimum absolute atomic E-state index is 0.0639. The van der Waals surface area contributed by atoms with Crippen LogP contribution in [0.15, 0.2) is 48.6 Å². The van der Waals surface area contributed by atoms with Crippen molar-refractivity contribution in [2.75, 3.05) is 0 Å². The molecular weight excluding hydrogens is 206 g/mol. The molecule has 0 saturated carbocycles. The van der Waals surface area contributed by atoms with Crippen molar-refractivity contribution in [2.24, 2.45) is 11.1 Å². The zero-order valence-electron chi connectivity index (χ0n) is 11.8. The highest BCUT2D eigenvalue weighted by Gasteiger charge is 2.23. The van der Waals surface area contributed by atoms with Gasteiger partial charge in [-0.15, -0.1) is 0 Å². The molecule has 0 bridgehead atoms. The van der Waals surface area contributed by atoms with Crippen molar-refractivity contribution >= 4 is 0 Å². The van der Waals surface area contributed by atoms with E-state index in [9.17, 15) is 0 Å². The van der Waals surface area contributed by atoms with Gasteiger partial charge in [0.2, 0.25) is 0 Å². The molecule has 0 aromatic rings. The van der Waals surface area contributed by atoms with Crippen molar-refractivity contribution in [3.05, 3.63) is 48.6 Å². The van der Waals surface area contributed by atoms with E-state index in [4.69, 9.17) is 5.73 Å². The highest BCUT2D eigenvalue weighted by Crippen LogP contribution is 2.33. The van der Waals surface area contributed by atoms with Crippen LogP contribution in [0.3, 0.4) is 0 Å². The first-order chi connectivity index (χ1) is 7.88. The van der Waals surface area contributed by atoms with Crippen LogP contribution in [-0.2, 0) is 0 Å². The van der Waals surface area contributed by atoms with Gasteiger partial charge >= 0.3 is 0 Å². The Morgan fingerprint density at radius 1 is 1.18 bits per heavy atom. The molecule has 0 aromatic heterocycles. The van der Waals surface area contributed by atoms with E-state index in [1.165, 1.54) is 11.1 Å². The highest BCUT2D eigenvalue weighted by atomic mass is 14.6. The van der Waals surface area contributed by atoms with Crippen LogP contribution >= 0.6 is 0 Å². The number of rotatable bonds is 6. The lowest BCUT2D eigenvalue weighted by atomic mass is 9.78. The van der Waals surface area contributed by atoms with Gasteiger partial charge in [-0.1, -0.05) is 71.6 Å². The fourth-order valence-electron chi connectivity index (χ4n) is 1.90. The van der Waals surface area contributed by atoms with Gasteiger partial charge in [0.25, 0.3) is 0 Å². The van der Waals surface area contributed by atoms with Crippen molar-refractivity contribution in [3.63, 3.8) is 0 Å². The van der Waals surface area contributed by atoms with Crippen molar-refractivity contribution in [1.29, 1.82) is 0 Å². The van der Waals surface area contributed by atoms with Crippen LogP contribution in [0.4, 0.5) is 0 Å². The Balaban J connectivity index is 5.42. The molecule has 1 unspecified atom stereocenters. The summed E-state index contributed by atoms with van der Waals surface area (Å²) in [6, 6.07) is 0.0726. The second-order valence-corrected chi connectivity index (χ2v) is 5.32. The molecule has 0 aliphatic carbocycles. The number of nitrogens with two attached hydrogens (primary N) is 1. The molecule has 0 radical (unpaired) electrons. The first kappa shape index (κ1) is 15.9. The van der Waals surface area contributed by atoms with E-state index >= 15 is 0 Å². The number of hydrogen-bond acceptors (Lipinski definition) is 1. The lowest BCUT2D eigenvalue weighted by Gasteiger charge is -2.28. The van der Waals surface area contributed by atoms with Gasteiger partial charge in [0, 0.05) is 6.04 Å². The summed E-state index contributed by atoms with van der Waals surface area (Å²) in [5.74, 6) is 0. The van der Waals surface area contributed by atoms with Gasteiger partial charge in [0.05, 0.1) is 0 Å². The minimum Gasteiger partial charge on any atom is -0.324 e. The van der Waals surface area contributed by atoms with Gasteiger partial charge in [-0.2, -0.15) is 0 Å². The standard InChI is InChI=1S/C16H27N/c1-7-10-13(15(17)12-9-3)14(11-8-2)16(4,5)6/h7-8,10-11,15H,1-2,9,12,17H2,3-6H3/b13-10+,14-11+. The molecule has 1 heteroatoms. The van der Waals surface area contributed by atoms with Crippen LogP contribution in [0.5, 0.6) is 0 Å². The molecule has 0 spiro atoms. The van der Waals surface area contributed by atoms with Gasteiger partial charge in [0.15, 0.2) is 0 Å². The predicted octanol–water partition coefficient (Wildman–Crippen LogP) is 4.38. The maximum Gasteiger partial charge on any atom is 0.0297 e. The zero-order chi connectivity index (χ0) is 13.5. The Labute approximate surface area is 107 Å².